The fraction of sp³-hybridized carbons (Fsp3) is 0.0952. The minimum atomic E-state index is -0.428. The van der Waals surface area contributed by atoms with Crippen LogP contribution in [0.1, 0.15) is 15.9 Å². The first-order valence-corrected chi connectivity index (χ1v) is 8.40. The third-order valence-corrected chi connectivity index (χ3v) is 3.85. The van der Waals surface area contributed by atoms with E-state index in [1.807, 2.05) is 36.4 Å². The number of methoxy groups -OCH3 is 1. The lowest BCUT2D eigenvalue weighted by molar-refractivity contribution is -0.115. The van der Waals surface area contributed by atoms with Gasteiger partial charge in [0.15, 0.2) is 0 Å². The molecule has 0 bridgehead atoms. The molecule has 0 atom stereocenters. The zero-order valence-electron chi connectivity index (χ0n) is 14.8. The number of benzene rings is 2. The molecule has 0 saturated carbocycles. The Bertz CT molecular complexity index is 925. The Balaban J connectivity index is 1.64. The summed E-state index contributed by atoms with van der Waals surface area (Å²) in [5.41, 5.74) is 2.56. The highest BCUT2D eigenvalue weighted by molar-refractivity contribution is 5.96. The van der Waals surface area contributed by atoms with E-state index >= 15 is 0 Å². The molecule has 0 spiro atoms. The van der Waals surface area contributed by atoms with E-state index < -0.39 is 5.97 Å². The van der Waals surface area contributed by atoms with Crippen LogP contribution in [0.3, 0.4) is 0 Å². The van der Waals surface area contributed by atoms with Gasteiger partial charge in [-0.05, 0) is 29.8 Å². The number of aromatic nitrogens is 1. The summed E-state index contributed by atoms with van der Waals surface area (Å²) < 4.78 is 4.78. The van der Waals surface area contributed by atoms with Crippen molar-refractivity contribution >= 4 is 29.1 Å². The van der Waals surface area contributed by atoms with Crippen molar-refractivity contribution in [1.29, 1.82) is 0 Å². The Kier molecular flexibility index (Phi) is 5.79. The first-order valence-electron chi connectivity index (χ1n) is 8.40. The third kappa shape index (κ3) is 4.92. The summed E-state index contributed by atoms with van der Waals surface area (Å²) in [6.07, 6.45) is 1.86. The lowest BCUT2D eigenvalue weighted by Gasteiger charge is -2.11. The number of amides is 1. The molecule has 0 unspecified atom stereocenters. The number of carbonyl (C=O) groups excluding carboxylic acids is 2. The van der Waals surface area contributed by atoms with Gasteiger partial charge < -0.3 is 15.4 Å². The van der Waals surface area contributed by atoms with E-state index in [0.717, 1.165) is 5.56 Å². The zero-order valence-corrected chi connectivity index (χ0v) is 14.8. The number of esters is 1. The van der Waals surface area contributed by atoms with E-state index in [-0.39, 0.29) is 5.91 Å². The molecule has 1 aromatic heterocycles. The summed E-state index contributed by atoms with van der Waals surface area (Å²) in [4.78, 5) is 28.2. The normalized spacial score (nSPS) is 10.1. The van der Waals surface area contributed by atoms with Crippen molar-refractivity contribution in [2.24, 2.45) is 0 Å². The third-order valence-electron chi connectivity index (χ3n) is 3.85. The summed E-state index contributed by atoms with van der Waals surface area (Å²) in [5, 5.41) is 5.90. The molecule has 0 saturated heterocycles. The van der Waals surface area contributed by atoms with Crippen molar-refractivity contribution in [2.75, 3.05) is 17.7 Å². The van der Waals surface area contributed by atoms with Crippen LogP contribution in [0.25, 0.3) is 0 Å². The molecular weight excluding hydrogens is 342 g/mol. The van der Waals surface area contributed by atoms with Gasteiger partial charge >= 0.3 is 5.97 Å². The molecule has 2 N–H and O–H groups in total. The van der Waals surface area contributed by atoms with Crippen LogP contribution in [-0.2, 0) is 16.0 Å². The number of carbonyl (C=O) groups is 2. The van der Waals surface area contributed by atoms with Crippen molar-refractivity contribution in [3.8, 4) is 0 Å². The SMILES string of the molecule is COC(=O)c1ccccc1Nc1ccc(NC(=O)Cc2ccccc2)cn1. The van der Waals surface area contributed by atoms with Crippen LogP contribution in [0.2, 0.25) is 0 Å². The highest BCUT2D eigenvalue weighted by atomic mass is 16.5. The van der Waals surface area contributed by atoms with Crippen LogP contribution in [0, 0.1) is 0 Å². The van der Waals surface area contributed by atoms with Gasteiger partial charge in [0.1, 0.15) is 5.82 Å². The first kappa shape index (κ1) is 18.1. The summed E-state index contributed by atoms with van der Waals surface area (Å²) in [6.45, 7) is 0. The smallest absolute Gasteiger partial charge is 0.339 e. The van der Waals surface area contributed by atoms with E-state index in [0.29, 0.717) is 29.2 Å². The number of rotatable bonds is 6. The molecule has 1 amide bonds. The highest BCUT2D eigenvalue weighted by Gasteiger charge is 2.11. The van der Waals surface area contributed by atoms with Gasteiger partial charge in [-0.3, -0.25) is 4.79 Å². The maximum Gasteiger partial charge on any atom is 0.339 e. The number of nitrogens with zero attached hydrogens (tertiary/aromatic N) is 1. The maximum absolute atomic E-state index is 12.1. The van der Waals surface area contributed by atoms with Gasteiger partial charge in [0.05, 0.1) is 36.7 Å². The first-order chi connectivity index (χ1) is 13.2. The van der Waals surface area contributed by atoms with Gasteiger partial charge in [0, 0.05) is 0 Å². The van der Waals surface area contributed by atoms with Crippen LogP contribution in [-0.4, -0.2) is 24.0 Å². The van der Waals surface area contributed by atoms with Gasteiger partial charge in [-0.1, -0.05) is 42.5 Å². The Labute approximate surface area is 157 Å². The number of anilines is 3. The van der Waals surface area contributed by atoms with Crippen molar-refractivity contribution in [3.63, 3.8) is 0 Å². The lowest BCUT2D eigenvalue weighted by atomic mass is 10.1. The van der Waals surface area contributed by atoms with Gasteiger partial charge in [0.25, 0.3) is 0 Å². The van der Waals surface area contributed by atoms with Crippen LogP contribution in [0.5, 0.6) is 0 Å². The molecular formula is C21H19N3O3. The van der Waals surface area contributed by atoms with Gasteiger partial charge in [0.2, 0.25) is 5.91 Å². The largest absolute Gasteiger partial charge is 0.465 e. The standard InChI is InChI=1S/C21H19N3O3/c1-27-21(26)17-9-5-6-10-18(17)24-19-12-11-16(14-22-19)23-20(25)13-15-7-3-2-4-8-15/h2-12,14H,13H2,1H3,(H,22,24)(H,23,25). The van der Waals surface area contributed by atoms with Crippen molar-refractivity contribution in [2.45, 2.75) is 6.42 Å². The van der Waals surface area contributed by atoms with Crippen LogP contribution in [0.15, 0.2) is 72.9 Å². The van der Waals surface area contributed by atoms with Crippen molar-refractivity contribution in [3.05, 3.63) is 84.1 Å². The number of nitrogens with one attached hydrogen (secondary N) is 2. The number of para-hydroxylation sites is 1. The summed E-state index contributed by atoms with van der Waals surface area (Å²) in [5.74, 6) is 0.00931. The molecule has 0 aliphatic rings. The molecule has 27 heavy (non-hydrogen) atoms. The summed E-state index contributed by atoms with van der Waals surface area (Å²) in [6, 6.07) is 20.0. The van der Waals surface area contributed by atoms with Crippen LogP contribution in [0.4, 0.5) is 17.2 Å². The van der Waals surface area contributed by atoms with Crippen molar-refractivity contribution in [1.82, 2.24) is 4.98 Å². The van der Waals surface area contributed by atoms with Gasteiger partial charge in [-0.15, -0.1) is 0 Å². The second-order valence-electron chi connectivity index (χ2n) is 5.80. The number of pyridine rings is 1. The quantitative estimate of drug-likeness (QED) is 0.653. The molecule has 2 aromatic carbocycles. The molecule has 0 aliphatic heterocycles. The minimum Gasteiger partial charge on any atom is -0.465 e. The van der Waals surface area contributed by atoms with Crippen LogP contribution >= 0.6 is 0 Å². The fourth-order valence-corrected chi connectivity index (χ4v) is 2.55. The Morgan fingerprint density at radius 2 is 1.70 bits per heavy atom. The van der Waals surface area contributed by atoms with E-state index in [1.165, 1.54) is 7.11 Å². The highest BCUT2D eigenvalue weighted by Crippen LogP contribution is 2.21. The molecule has 6 nitrogen and oxygen atoms in total. The van der Waals surface area contributed by atoms with Gasteiger partial charge in [-0.25, -0.2) is 9.78 Å². The Morgan fingerprint density at radius 1 is 0.963 bits per heavy atom. The maximum atomic E-state index is 12.1. The number of hydrogen-bond donors (Lipinski definition) is 2. The molecule has 0 fully saturated rings. The molecule has 3 aromatic rings. The van der Waals surface area contributed by atoms with E-state index in [9.17, 15) is 9.59 Å². The van der Waals surface area contributed by atoms with Crippen molar-refractivity contribution < 1.29 is 14.3 Å². The van der Waals surface area contributed by atoms with E-state index in [2.05, 4.69) is 15.6 Å². The minimum absolute atomic E-state index is 0.111. The lowest BCUT2D eigenvalue weighted by Crippen LogP contribution is -2.14. The zero-order chi connectivity index (χ0) is 19.1. The molecule has 6 heteroatoms. The molecule has 1 heterocycles. The number of ether oxygens (including phenoxy) is 1. The summed E-state index contributed by atoms with van der Waals surface area (Å²) >= 11 is 0. The summed E-state index contributed by atoms with van der Waals surface area (Å²) in [7, 11) is 1.34. The molecule has 136 valence electrons. The molecule has 3 rings (SSSR count). The topological polar surface area (TPSA) is 80.3 Å². The predicted molar refractivity (Wildman–Crippen MR) is 104 cm³/mol. The van der Waals surface area contributed by atoms with Crippen LogP contribution < -0.4 is 10.6 Å². The fourth-order valence-electron chi connectivity index (χ4n) is 2.55. The number of hydrogen-bond acceptors (Lipinski definition) is 5. The molecule has 0 aliphatic carbocycles. The Morgan fingerprint density at radius 3 is 2.41 bits per heavy atom. The molecule has 0 radical (unpaired) electrons. The van der Waals surface area contributed by atoms with Gasteiger partial charge in [-0.2, -0.15) is 0 Å². The van der Waals surface area contributed by atoms with E-state index in [4.69, 9.17) is 4.74 Å². The predicted octanol–water partition coefficient (Wildman–Crippen LogP) is 3.79. The second-order valence-corrected chi connectivity index (χ2v) is 5.80. The average Bonchev–Trinajstić information content (AvgIpc) is 2.70. The average molecular weight is 361 g/mol. The second kappa shape index (κ2) is 8.62. The Hall–Kier alpha value is -3.67. The monoisotopic (exact) mass is 361 g/mol. The van der Waals surface area contributed by atoms with E-state index in [1.54, 1.807) is 36.5 Å².